The van der Waals surface area contributed by atoms with Crippen LogP contribution in [0.15, 0.2) is 82.8 Å². The largest absolute Gasteiger partial charge is 0.497 e. The van der Waals surface area contributed by atoms with Crippen molar-refractivity contribution < 1.29 is 28.9 Å². The SMILES string of the molecule is COc1ccc(N=C2S/C(=C\c3ccc(O[C@@H](C)C(=O)O)c(OC)c3)C(=O)N2CCc2c[nH]c3ccccc23)cc1. The molecule has 5 rings (SSSR count). The van der Waals surface area contributed by atoms with Crippen LogP contribution < -0.4 is 14.2 Å². The normalized spacial score (nSPS) is 16.0. The molecule has 2 N–H and O–H groups in total. The third-order valence-corrected chi connectivity index (χ3v) is 7.61. The summed E-state index contributed by atoms with van der Waals surface area (Å²) in [4.78, 5) is 35.2. The van der Waals surface area contributed by atoms with Crippen LogP contribution in [0.1, 0.15) is 18.1 Å². The van der Waals surface area contributed by atoms with Crippen LogP contribution in [0.2, 0.25) is 0 Å². The number of amides is 1. The summed E-state index contributed by atoms with van der Waals surface area (Å²) in [6, 6.07) is 20.5. The van der Waals surface area contributed by atoms with Crippen LogP contribution >= 0.6 is 11.8 Å². The van der Waals surface area contributed by atoms with E-state index in [2.05, 4.69) is 11.1 Å². The number of aromatic amines is 1. The number of methoxy groups -OCH3 is 2. The van der Waals surface area contributed by atoms with Gasteiger partial charge in [-0.1, -0.05) is 24.3 Å². The first-order chi connectivity index (χ1) is 19.9. The van der Waals surface area contributed by atoms with Gasteiger partial charge in [-0.2, -0.15) is 0 Å². The fourth-order valence-electron chi connectivity index (χ4n) is 4.39. The van der Waals surface area contributed by atoms with Gasteiger partial charge in [0.05, 0.1) is 24.8 Å². The molecular formula is C31H29N3O6S. The number of nitrogens with one attached hydrogen (secondary N) is 1. The molecule has 1 saturated heterocycles. The highest BCUT2D eigenvalue weighted by atomic mass is 32.2. The second kappa shape index (κ2) is 12.2. The lowest BCUT2D eigenvalue weighted by atomic mass is 10.1. The van der Waals surface area contributed by atoms with Gasteiger partial charge in [0, 0.05) is 23.6 Å². The number of para-hydroxylation sites is 1. The number of H-pyrrole nitrogens is 1. The maximum absolute atomic E-state index is 13.7. The lowest BCUT2D eigenvalue weighted by Gasteiger charge is -2.15. The standard InChI is InChI=1S/C31H29N3O6S/c1-19(30(36)37)40-26-13-8-20(16-27(26)39-3)17-28-29(35)34(15-14-21-18-32-25-7-5-4-6-24(21)25)31(41-28)33-22-9-11-23(38-2)12-10-22/h4-13,16-19,32H,14-15H2,1-3H3,(H,36,37)/b28-17-,33-31?/t19-/m0/s1. The minimum atomic E-state index is -1.08. The van der Waals surface area contributed by atoms with Gasteiger partial charge in [-0.3, -0.25) is 9.69 Å². The minimum absolute atomic E-state index is 0.152. The van der Waals surface area contributed by atoms with Gasteiger partial charge in [0.25, 0.3) is 5.91 Å². The number of fused-ring (bicyclic) bond motifs is 1. The number of aliphatic imine (C=N–C) groups is 1. The number of ether oxygens (including phenoxy) is 3. The third-order valence-electron chi connectivity index (χ3n) is 6.60. The Bertz CT molecular complexity index is 1640. The van der Waals surface area contributed by atoms with E-state index in [0.717, 1.165) is 22.2 Å². The molecular weight excluding hydrogens is 542 g/mol. The predicted molar refractivity (Wildman–Crippen MR) is 160 cm³/mol. The number of rotatable bonds is 10. The number of aromatic nitrogens is 1. The van der Waals surface area contributed by atoms with Gasteiger partial charge in [-0.25, -0.2) is 9.79 Å². The molecule has 0 spiro atoms. The summed E-state index contributed by atoms with van der Waals surface area (Å²) in [5.41, 5.74) is 3.58. The molecule has 1 atom stereocenters. The summed E-state index contributed by atoms with van der Waals surface area (Å²) in [5.74, 6) is 0.159. The summed E-state index contributed by atoms with van der Waals surface area (Å²) in [7, 11) is 3.09. The van der Waals surface area contributed by atoms with Gasteiger partial charge < -0.3 is 24.3 Å². The number of aliphatic carboxylic acids is 1. The van der Waals surface area contributed by atoms with Crippen LogP contribution in [-0.4, -0.2) is 58.9 Å². The number of carboxylic acids is 1. The Hall–Kier alpha value is -4.70. The molecule has 0 bridgehead atoms. The average molecular weight is 572 g/mol. The fourth-order valence-corrected chi connectivity index (χ4v) is 5.41. The zero-order valence-electron chi connectivity index (χ0n) is 22.8. The smallest absolute Gasteiger partial charge is 0.344 e. The van der Waals surface area contributed by atoms with Crippen LogP contribution in [0.25, 0.3) is 17.0 Å². The van der Waals surface area contributed by atoms with Crippen molar-refractivity contribution in [3.63, 3.8) is 0 Å². The first-order valence-corrected chi connectivity index (χ1v) is 13.7. The molecule has 1 aromatic heterocycles. The molecule has 0 saturated carbocycles. The lowest BCUT2D eigenvalue weighted by molar-refractivity contribution is -0.144. The Balaban J connectivity index is 1.44. The molecule has 10 heteroatoms. The lowest BCUT2D eigenvalue weighted by Crippen LogP contribution is -2.31. The molecule has 3 aromatic carbocycles. The van der Waals surface area contributed by atoms with Crippen molar-refractivity contribution in [1.29, 1.82) is 0 Å². The summed E-state index contributed by atoms with van der Waals surface area (Å²) >= 11 is 1.30. The second-order valence-corrected chi connectivity index (χ2v) is 10.3. The number of nitrogens with zero attached hydrogens (tertiary/aromatic N) is 2. The number of amidine groups is 1. The minimum Gasteiger partial charge on any atom is -0.497 e. The zero-order chi connectivity index (χ0) is 28.9. The van der Waals surface area contributed by atoms with E-state index >= 15 is 0 Å². The molecule has 1 amide bonds. The number of hydrogen-bond acceptors (Lipinski definition) is 7. The van der Waals surface area contributed by atoms with Crippen LogP contribution in [-0.2, 0) is 16.0 Å². The Morgan fingerprint density at radius 3 is 2.59 bits per heavy atom. The Morgan fingerprint density at radius 1 is 1.07 bits per heavy atom. The maximum atomic E-state index is 13.7. The molecule has 0 radical (unpaired) electrons. The van der Waals surface area contributed by atoms with E-state index in [1.165, 1.54) is 25.8 Å². The van der Waals surface area contributed by atoms with Gasteiger partial charge in [0.15, 0.2) is 22.8 Å². The highest BCUT2D eigenvalue weighted by Crippen LogP contribution is 2.36. The molecule has 0 aliphatic carbocycles. The van der Waals surface area contributed by atoms with Gasteiger partial charge in [-0.05, 0) is 84.8 Å². The van der Waals surface area contributed by atoms with Gasteiger partial charge in [-0.15, -0.1) is 0 Å². The van der Waals surface area contributed by atoms with Gasteiger partial charge >= 0.3 is 5.97 Å². The topological polar surface area (TPSA) is 113 Å². The van der Waals surface area contributed by atoms with Crippen LogP contribution in [0.4, 0.5) is 5.69 Å². The van der Waals surface area contributed by atoms with Crippen molar-refractivity contribution in [2.75, 3.05) is 20.8 Å². The fraction of sp³-hybridized carbons (Fsp3) is 0.194. The van der Waals surface area contributed by atoms with Crippen LogP contribution in [0.5, 0.6) is 17.2 Å². The molecule has 1 aliphatic heterocycles. The quantitative estimate of drug-likeness (QED) is 0.228. The van der Waals surface area contributed by atoms with Gasteiger partial charge in [0.2, 0.25) is 0 Å². The van der Waals surface area contributed by atoms with Gasteiger partial charge in [0.1, 0.15) is 5.75 Å². The van der Waals surface area contributed by atoms with Crippen molar-refractivity contribution in [3.8, 4) is 17.2 Å². The van der Waals surface area contributed by atoms with E-state index in [4.69, 9.17) is 19.2 Å². The highest BCUT2D eigenvalue weighted by Gasteiger charge is 2.33. The van der Waals surface area contributed by atoms with Crippen LogP contribution in [0.3, 0.4) is 0 Å². The molecule has 210 valence electrons. The number of carbonyl (C=O) groups is 2. The van der Waals surface area contributed by atoms with Crippen molar-refractivity contribution in [2.24, 2.45) is 4.99 Å². The summed E-state index contributed by atoms with van der Waals surface area (Å²) in [5, 5.41) is 10.9. The number of thioether (sulfide) groups is 1. The van der Waals surface area contributed by atoms with Crippen molar-refractivity contribution in [2.45, 2.75) is 19.4 Å². The highest BCUT2D eigenvalue weighted by molar-refractivity contribution is 8.18. The van der Waals surface area contributed by atoms with E-state index in [1.54, 1.807) is 36.3 Å². The van der Waals surface area contributed by atoms with Crippen molar-refractivity contribution in [3.05, 3.63) is 89.0 Å². The number of benzene rings is 3. The molecule has 41 heavy (non-hydrogen) atoms. The molecule has 1 fully saturated rings. The van der Waals surface area contributed by atoms with E-state index in [1.807, 2.05) is 48.7 Å². The first kappa shape index (κ1) is 27.9. The molecule has 0 unspecified atom stereocenters. The Morgan fingerprint density at radius 2 is 1.85 bits per heavy atom. The van der Waals surface area contributed by atoms with Crippen molar-refractivity contribution >= 4 is 51.5 Å². The first-order valence-electron chi connectivity index (χ1n) is 12.9. The number of carboxylic acid groups (broad SMARTS) is 1. The molecule has 4 aromatic rings. The van der Waals surface area contributed by atoms with E-state index < -0.39 is 12.1 Å². The van der Waals surface area contributed by atoms with Crippen LogP contribution in [0, 0.1) is 0 Å². The third kappa shape index (κ3) is 6.22. The Kier molecular flexibility index (Phi) is 8.30. The summed E-state index contributed by atoms with van der Waals surface area (Å²) in [6.45, 7) is 1.89. The number of hydrogen-bond donors (Lipinski definition) is 2. The molecule has 1 aliphatic rings. The van der Waals surface area contributed by atoms with E-state index in [0.29, 0.717) is 45.8 Å². The monoisotopic (exact) mass is 571 g/mol. The predicted octanol–water partition coefficient (Wildman–Crippen LogP) is 5.88. The van der Waals surface area contributed by atoms with Crippen molar-refractivity contribution in [1.82, 2.24) is 9.88 Å². The maximum Gasteiger partial charge on any atom is 0.344 e. The zero-order valence-corrected chi connectivity index (χ0v) is 23.6. The molecule has 2 heterocycles. The average Bonchev–Trinajstić information content (AvgIpc) is 3.52. The summed E-state index contributed by atoms with van der Waals surface area (Å²) in [6.07, 6.45) is 3.36. The van der Waals surface area contributed by atoms with E-state index in [9.17, 15) is 14.7 Å². The number of carbonyl (C=O) groups excluding carboxylic acids is 1. The summed E-state index contributed by atoms with van der Waals surface area (Å²) < 4.78 is 16.2. The second-order valence-electron chi connectivity index (χ2n) is 9.28. The molecule has 9 nitrogen and oxygen atoms in total. The Labute approximate surface area is 241 Å². The van der Waals surface area contributed by atoms with E-state index in [-0.39, 0.29) is 5.91 Å².